The number of anilines is 2. The number of aromatic nitrogens is 3. The molecule has 74 valence electrons. The first-order chi connectivity index (χ1) is 6.77. The minimum absolute atomic E-state index is 0.586. The maximum atomic E-state index is 5.69. The van der Waals surface area contributed by atoms with Gasteiger partial charge < -0.3 is 10.6 Å². The van der Waals surface area contributed by atoms with E-state index in [0.717, 1.165) is 17.9 Å². The zero-order chi connectivity index (χ0) is 9.97. The van der Waals surface area contributed by atoms with Crippen molar-refractivity contribution in [2.75, 3.05) is 17.7 Å². The first-order valence-electron chi connectivity index (χ1n) is 4.14. The van der Waals surface area contributed by atoms with E-state index in [9.17, 15) is 0 Å². The number of thiazole rings is 1. The van der Waals surface area contributed by atoms with E-state index in [2.05, 4.69) is 15.2 Å². The van der Waals surface area contributed by atoms with Gasteiger partial charge in [0.1, 0.15) is 5.82 Å². The van der Waals surface area contributed by atoms with E-state index in [1.54, 1.807) is 17.5 Å². The van der Waals surface area contributed by atoms with Gasteiger partial charge in [-0.25, -0.2) is 4.98 Å². The molecule has 0 fully saturated rings. The van der Waals surface area contributed by atoms with Crippen LogP contribution in [0.25, 0.3) is 0 Å². The Morgan fingerprint density at radius 1 is 1.64 bits per heavy atom. The number of nitrogen functional groups attached to an aromatic ring is 1. The largest absolute Gasteiger partial charge is 0.382 e. The summed E-state index contributed by atoms with van der Waals surface area (Å²) in [5.41, 5.74) is 9.46. The van der Waals surface area contributed by atoms with Crippen LogP contribution in [0.4, 0.5) is 11.5 Å². The second kappa shape index (κ2) is 3.67. The van der Waals surface area contributed by atoms with Crippen molar-refractivity contribution >= 4 is 22.8 Å². The maximum Gasteiger partial charge on any atom is 0.142 e. The lowest BCUT2D eigenvalue weighted by Gasteiger charge is -2.15. The third-order valence-electron chi connectivity index (χ3n) is 1.94. The van der Waals surface area contributed by atoms with E-state index in [0.29, 0.717) is 5.82 Å². The van der Waals surface area contributed by atoms with Crippen molar-refractivity contribution in [1.29, 1.82) is 0 Å². The molecule has 6 heteroatoms. The SMILES string of the molecule is CN(Cc1cscn1)c1cn[nH]c1N. The summed E-state index contributed by atoms with van der Waals surface area (Å²) in [5.74, 6) is 0.586. The van der Waals surface area contributed by atoms with Gasteiger partial charge >= 0.3 is 0 Å². The Morgan fingerprint density at radius 3 is 3.07 bits per heavy atom. The molecular weight excluding hydrogens is 198 g/mol. The van der Waals surface area contributed by atoms with Crippen molar-refractivity contribution in [1.82, 2.24) is 15.2 Å². The minimum Gasteiger partial charge on any atom is -0.382 e. The highest BCUT2D eigenvalue weighted by Crippen LogP contribution is 2.19. The van der Waals surface area contributed by atoms with Gasteiger partial charge in [0.15, 0.2) is 0 Å². The van der Waals surface area contributed by atoms with E-state index in [1.807, 2.05) is 22.8 Å². The summed E-state index contributed by atoms with van der Waals surface area (Å²) in [6, 6.07) is 0. The van der Waals surface area contributed by atoms with E-state index in [-0.39, 0.29) is 0 Å². The molecule has 0 amide bonds. The first kappa shape index (κ1) is 9.01. The number of hydrogen-bond acceptors (Lipinski definition) is 5. The van der Waals surface area contributed by atoms with Gasteiger partial charge in [-0.2, -0.15) is 5.10 Å². The van der Waals surface area contributed by atoms with Gasteiger partial charge in [-0.05, 0) is 0 Å². The van der Waals surface area contributed by atoms with Gasteiger partial charge in [0.05, 0.1) is 29.6 Å². The van der Waals surface area contributed by atoms with Gasteiger partial charge in [-0.3, -0.25) is 5.10 Å². The predicted molar refractivity (Wildman–Crippen MR) is 57.2 cm³/mol. The highest BCUT2D eigenvalue weighted by molar-refractivity contribution is 7.07. The molecule has 0 bridgehead atoms. The standard InChI is InChI=1S/C8H11N5S/c1-13(3-6-4-14-5-10-6)7-2-11-12-8(7)9/h2,4-5H,3H2,1H3,(H3,9,11,12). The molecule has 0 aromatic carbocycles. The highest BCUT2D eigenvalue weighted by atomic mass is 32.1. The lowest BCUT2D eigenvalue weighted by atomic mass is 10.4. The van der Waals surface area contributed by atoms with Crippen LogP contribution >= 0.6 is 11.3 Å². The van der Waals surface area contributed by atoms with Gasteiger partial charge in [0, 0.05) is 12.4 Å². The molecule has 0 saturated heterocycles. The second-order valence-corrected chi connectivity index (χ2v) is 3.72. The van der Waals surface area contributed by atoms with Crippen LogP contribution in [0.15, 0.2) is 17.1 Å². The maximum absolute atomic E-state index is 5.69. The third kappa shape index (κ3) is 1.69. The molecule has 0 aliphatic carbocycles. The number of nitrogens with two attached hydrogens (primary N) is 1. The molecule has 2 rings (SSSR count). The van der Waals surface area contributed by atoms with Crippen molar-refractivity contribution in [2.45, 2.75) is 6.54 Å². The van der Waals surface area contributed by atoms with E-state index < -0.39 is 0 Å². The van der Waals surface area contributed by atoms with Crippen molar-refractivity contribution in [3.63, 3.8) is 0 Å². The van der Waals surface area contributed by atoms with Gasteiger partial charge in [0.25, 0.3) is 0 Å². The van der Waals surface area contributed by atoms with Crippen LogP contribution in [0.3, 0.4) is 0 Å². The van der Waals surface area contributed by atoms with Crippen LogP contribution in [0.2, 0.25) is 0 Å². The monoisotopic (exact) mass is 209 g/mol. The molecule has 5 nitrogen and oxygen atoms in total. The Kier molecular flexibility index (Phi) is 2.36. The molecule has 0 saturated carbocycles. The van der Waals surface area contributed by atoms with Crippen molar-refractivity contribution in [2.24, 2.45) is 0 Å². The molecular formula is C8H11N5S. The zero-order valence-corrected chi connectivity index (χ0v) is 8.58. The smallest absolute Gasteiger partial charge is 0.142 e. The molecule has 14 heavy (non-hydrogen) atoms. The van der Waals surface area contributed by atoms with Gasteiger partial charge in [0.2, 0.25) is 0 Å². The minimum atomic E-state index is 0.586. The van der Waals surface area contributed by atoms with Crippen LogP contribution < -0.4 is 10.6 Å². The number of nitrogens with zero attached hydrogens (tertiary/aromatic N) is 3. The molecule has 2 heterocycles. The molecule has 0 unspecified atom stereocenters. The molecule has 0 aliphatic heterocycles. The zero-order valence-electron chi connectivity index (χ0n) is 7.77. The Bertz CT molecular complexity index is 394. The van der Waals surface area contributed by atoms with Crippen LogP contribution in [0.5, 0.6) is 0 Å². The molecule has 0 radical (unpaired) electrons. The first-order valence-corrected chi connectivity index (χ1v) is 5.08. The van der Waals surface area contributed by atoms with E-state index >= 15 is 0 Å². The van der Waals surface area contributed by atoms with E-state index in [4.69, 9.17) is 5.73 Å². The van der Waals surface area contributed by atoms with Crippen molar-refractivity contribution < 1.29 is 0 Å². The third-order valence-corrected chi connectivity index (χ3v) is 2.58. The fourth-order valence-electron chi connectivity index (χ4n) is 1.24. The fraction of sp³-hybridized carbons (Fsp3) is 0.250. The average Bonchev–Trinajstić information content (AvgIpc) is 2.75. The number of hydrogen-bond donors (Lipinski definition) is 2. The highest BCUT2D eigenvalue weighted by Gasteiger charge is 2.08. The van der Waals surface area contributed by atoms with Crippen LogP contribution in [0.1, 0.15) is 5.69 Å². The van der Waals surface area contributed by atoms with Gasteiger partial charge in [-0.15, -0.1) is 11.3 Å². The normalized spacial score (nSPS) is 10.4. The Hall–Kier alpha value is -1.56. The summed E-state index contributed by atoms with van der Waals surface area (Å²) in [5, 5.41) is 8.58. The quantitative estimate of drug-likeness (QED) is 0.793. The lowest BCUT2D eigenvalue weighted by Crippen LogP contribution is -2.17. The average molecular weight is 209 g/mol. The molecule has 0 atom stereocenters. The Labute approximate surface area is 85.6 Å². The Morgan fingerprint density at radius 2 is 2.50 bits per heavy atom. The summed E-state index contributed by atoms with van der Waals surface area (Å²) < 4.78 is 0. The molecule has 2 aromatic heterocycles. The number of aromatic amines is 1. The molecule has 2 aromatic rings. The van der Waals surface area contributed by atoms with Crippen LogP contribution in [0, 0.1) is 0 Å². The summed E-state index contributed by atoms with van der Waals surface area (Å²) in [4.78, 5) is 6.21. The number of rotatable bonds is 3. The fourth-order valence-corrected chi connectivity index (χ4v) is 1.79. The Balaban J connectivity index is 2.10. The summed E-state index contributed by atoms with van der Waals surface area (Å²) >= 11 is 1.59. The van der Waals surface area contributed by atoms with E-state index in [1.165, 1.54) is 0 Å². The topological polar surface area (TPSA) is 70.8 Å². The summed E-state index contributed by atoms with van der Waals surface area (Å²) in [6.07, 6.45) is 1.71. The summed E-state index contributed by atoms with van der Waals surface area (Å²) in [6.45, 7) is 0.743. The van der Waals surface area contributed by atoms with Crippen molar-refractivity contribution in [3.05, 3.63) is 22.8 Å². The predicted octanol–water partition coefficient (Wildman–Crippen LogP) is 1.08. The molecule has 0 spiro atoms. The van der Waals surface area contributed by atoms with Crippen LogP contribution in [-0.2, 0) is 6.54 Å². The molecule has 3 N–H and O–H groups in total. The van der Waals surface area contributed by atoms with Gasteiger partial charge in [-0.1, -0.05) is 0 Å². The number of nitrogens with one attached hydrogen (secondary N) is 1. The summed E-state index contributed by atoms with van der Waals surface area (Å²) in [7, 11) is 1.96. The van der Waals surface area contributed by atoms with Crippen molar-refractivity contribution in [3.8, 4) is 0 Å². The lowest BCUT2D eigenvalue weighted by molar-refractivity contribution is 0.897. The number of H-pyrrole nitrogens is 1. The second-order valence-electron chi connectivity index (χ2n) is 3.00. The molecule has 0 aliphatic rings. The van der Waals surface area contributed by atoms with Crippen LogP contribution in [-0.4, -0.2) is 22.2 Å².